The van der Waals surface area contributed by atoms with Crippen LogP contribution in [-0.4, -0.2) is 53.1 Å². The first-order valence-corrected chi connectivity index (χ1v) is 12.1. The number of nitrogens with zero attached hydrogens (tertiary/aromatic N) is 4. The molecule has 0 bridgehead atoms. The number of aromatic nitrogens is 3. The van der Waals surface area contributed by atoms with Gasteiger partial charge in [0.1, 0.15) is 11.6 Å². The number of ether oxygens (including phenoxy) is 1. The maximum Gasteiger partial charge on any atom is 0.258 e. The first kappa shape index (κ1) is 25.1. The summed E-state index contributed by atoms with van der Waals surface area (Å²) in [4.78, 5) is 28.1. The van der Waals surface area contributed by atoms with E-state index in [0.717, 1.165) is 18.2 Å². The van der Waals surface area contributed by atoms with Crippen molar-refractivity contribution >= 4 is 17.5 Å². The average Bonchev–Trinajstić information content (AvgIpc) is 2.91. The number of nitrogens with one attached hydrogen (secondary N) is 1. The molecule has 1 aliphatic carbocycles. The molecule has 0 spiro atoms. The molecule has 0 radical (unpaired) electrons. The van der Waals surface area contributed by atoms with Gasteiger partial charge in [0.2, 0.25) is 11.9 Å². The smallest absolute Gasteiger partial charge is 0.258 e. The first-order valence-electron chi connectivity index (χ1n) is 12.1. The van der Waals surface area contributed by atoms with Crippen molar-refractivity contribution in [2.24, 2.45) is 0 Å². The molecule has 3 heterocycles. The number of amides is 1. The van der Waals surface area contributed by atoms with E-state index in [1.807, 2.05) is 4.90 Å². The molecule has 37 heavy (non-hydrogen) atoms. The Balaban J connectivity index is 1.48. The van der Waals surface area contributed by atoms with E-state index in [-0.39, 0.29) is 54.0 Å². The molecule has 7 nitrogen and oxygen atoms in total. The summed E-state index contributed by atoms with van der Waals surface area (Å²) < 4.78 is 61.8. The standard InChI is InChI=1S/C26H25F4N5O2/c27-18-1-2-21(28)20(13-18)19-5-8-31-22(16-3-6-26(29,30)7-4-16)23(19)34-24(36)17-14-32-25(33-15-17)35-9-11-37-12-10-35/h1-2,5,8,13-16H,3-4,6-7,9-12H2,(H,34,36). The van der Waals surface area contributed by atoms with Gasteiger partial charge in [-0.05, 0) is 37.1 Å². The van der Waals surface area contributed by atoms with Crippen LogP contribution in [0.5, 0.6) is 0 Å². The average molecular weight is 516 g/mol. The molecule has 2 fully saturated rings. The summed E-state index contributed by atoms with van der Waals surface area (Å²) in [7, 11) is 0. The molecule has 1 saturated heterocycles. The molecular weight excluding hydrogens is 490 g/mol. The monoisotopic (exact) mass is 515 g/mol. The number of hydrogen-bond donors (Lipinski definition) is 1. The van der Waals surface area contributed by atoms with E-state index in [2.05, 4.69) is 20.3 Å². The van der Waals surface area contributed by atoms with E-state index in [9.17, 15) is 22.4 Å². The van der Waals surface area contributed by atoms with Crippen molar-refractivity contribution in [1.29, 1.82) is 0 Å². The molecule has 1 N–H and O–H groups in total. The minimum atomic E-state index is -2.76. The molecule has 1 saturated carbocycles. The summed E-state index contributed by atoms with van der Waals surface area (Å²) in [5.41, 5.74) is 0.797. The topological polar surface area (TPSA) is 80.2 Å². The number of halogens is 4. The Morgan fingerprint density at radius 2 is 1.70 bits per heavy atom. The minimum Gasteiger partial charge on any atom is -0.378 e. The summed E-state index contributed by atoms with van der Waals surface area (Å²) >= 11 is 0. The van der Waals surface area contributed by atoms with Crippen LogP contribution in [-0.2, 0) is 4.74 Å². The lowest BCUT2D eigenvalue weighted by molar-refractivity contribution is -0.0384. The highest BCUT2D eigenvalue weighted by atomic mass is 19.3. The summed E-state index contributed by atoms with van der Waals surface area (Å²) in [5.74, 6) is -4.61. The van der Waals surface area contributed by atoms with Crippen LogP contribution in [0, 0.1) is 11.6 Å². The molecule has 0 unspecified atom stereocenters. The van der Waals surface area contributed by atoms with Crippen molar-refractivity contribution < 1.29 is 27.1 Å². The Bertz CT molecular complexity index is 1270. The molecule has 3 aromatic rings. The lowest BCUT2D eigenvalue weighted by atomic mass is 9.83. The molecule has 2 aromatic heterocycles. The number of carbonyl (C=O) groups is 1. The Morgan fingerprint density at radius 3 is 2.41 bits per heavy atom. The fourth-order valence-corrected chi connectivity index (χ4v) is 4.71. The lowest BCUT2D eigenvalue weighted by Gasteiger charge is -2.29. The van der Waals surface area contributed by atoms with Gasteiger partial charge >= 0.3 is 0 Å². The highest BCUT2D eigenvalue weighted by Crippen LogP contribution is 2.44. The fourth-order valence-electron chi connectivity index (χ4n) is 4.71. The molecule has 11 heteroatoms. The van der Waals surface area contributed by atoms with Crippen molar-refractivity contribution in [3.05, 3.63) is 65.7 Å². The van der Waals surface area contributed by atoms with Gasteiger partial charge in [0, 0.05) is 61.6 Å². The van der Waals surface area contributed by atoms with Gasteiger partial charge in [-0.3, -0.25) is 9.78 Å². The second-order valence-electron chi connectivity index (χ2n) is 9.20. The number of rotatable bonds is 5. The first-order chi connectivity index (χ1) is 17.8. The van der Waals surface area contributed by atoms with Gasteiger partial charge in [0.05, 0.1) is 30.2 Å². The van der Waals surface area contributed by atoms with E-state index in [0.29, 0.717) is 37.9 Å². The zero-order valence-electron chi connectivity index (χ0n) is 19.9. The largest absolute Gasteiger partial charge is 0.378 e. The Morgan fingerprint density at radius 1 is 1.00 bits per heavy atom. The van der Waals surface area contributed by atoms with Gasteiger partial charge < -0.3 is 15.0 Å². The Labute approximate surface area is 210 Å². The molecular formula is C26H25F4N5O2. The summed E-state index contributed by atoms with van der Waals surface area (Å²) in [6.45, 7) is 2.38. The molecule has 5 rings (SSSR count). The molecule has 1 aliphatic heterocycles. The minimum absolute atomic E-state index is 0.0704. The third kappa shape index (κ3) is 5.56. The van der Waals surface area contributed by atoms with Gasteiger partial charge in [0.15, 0.2) is 0 Å². The number of benzene rings is 1. The number of carbonyl (C=O) groups excluding carboxylic acids is 1. The van der Waals surface area contributed by atoms with E-state index < -0.39 is 23.5 Å². The normalized spacial score (nSPS) is 18.0. The number of hydrogen-bond acceptors (Lipinski definition) is 6. The summed E-state index contributed by atoms with van der Waals surface area (Å²) in [6, 6.07) is 4.48. The fraction of sp³-hybridized carbons (Fsp3) is 0.385. The van der Waals surface area contributed by atoms with Crippen molar-refractivity contribution in [2.45, 2.75) is 37.5 Å². The zero-order valence-corrected chi connectivity index (χ0v) is 19.9. The van der Waals surface area contributed by atoms with Crippen molar-refractivity contribution in [1.82, 2.24) is 15.0 Å². The van der Waals surface area contributed by atoms with Crippen LogP contribution in [0.1, 0.15) is 47.7 Å². The van der Waals surface area contributed by atoms with E-state index >= 15 is 0 Å². The third-order valence-corrected chi connectivity index (χ3v) is 6.74. The van der Waals surface area contributed by atoms with Crippen LogP contribution < -0.4 is 10.2 Å². The number of anilines is 2. The van der Waals surface area contributed by atoms with Crippen LogP contribution in [0.2, 0.25) is 0 Å². The van der Waals surface area contributed by atoms with E-state index in [4.69, 9.17) is 4.74 Å². The highest BCUT2D eigenvalue weighted by molar-refractivity contribution is 6.06. The van der Waals surface area contributed by atoms with E-state index in [1.54, 1.807) is 0 Å². The Kier molecular flexibility index (Phi) is 7.05. The molecule has 1 amide bonds. The number of morpholine rings is 1. The van der Waals surface area contributed by atoms with Crippen LogP contribution >= 0.6 is 0 Å². The van der Waals surface area contributed by atoms with Gasteiger partial charge in [-0.1, -0.05) is 0 Å². The maximum atomic E-state index is 14.8. The van der Waals surface area contributed by atoms with Crippen LogP contribution in [0.3, 0.4) is 0 Å². The lowest BCUT2D eigenvalue weighted by Crippen LogP contribution is -2.37. The summed E-state index contributed by atoms with van der Waals surface area (Å²) in [6.07, 6.45) is 3.84. The SMILES string of the molecule is O=C(Nc1c(-c2cc(F)ccc2F)ccnc1C1CCC(F)(F)CC1)c1cnc(N2CCOCC2)nc1. The van der Waals surface area contributed by atoms with Crippen molar-refractivity contribution in [3.63, 3.8) is 0 Å². The Hall–Kier alpha value is -3.60. The second kappa shape index (κ2) is 10.4. The maximum absolute atomic E-state index is 14.8. The summed E-state index contributed by atoms with van der Waals surface area (Å²) in [5, 5.41) is 2.77. The predicted molar refractivity (Wildman–Crippen MR) is 129 cm³/mol. The number of pyridine rings is 1. The van der Waals surface area contributed by atoms with Crippen molar-refractivity contribution in [2.75, 3.05) is 36.5 Å². The van der Waals surface area contributed by atoms with Gasteiger partial charge in [-0.15, -0.1) is 0 Å². The van der Waals surface area contributed by atoms with Gasteiger partial charge in [0.25, 0.3) is 5.91 Å². The quantitative estimate of drug-likeness (QED) is 0.471. The highest BCUT2D eigenvalue weighted by Gasteiger charge is 2.37. The van der Waals surface area contributed by atoms with Crippen molar-refractivity contribution in [3.8, 4) is 11.1 Å². The second-order valence-corrected chi connectivity index (χ2v) is 9.20. The molecule has 2 aliphatic rings. The molecule has 0 atom stereocenters. The number of alkyl halides is 2. The van der Waals surface area contributed by atoms with Gasteiger partial charge in [-0.2, -0.15) is 0 Å². The predicted octanol–water partition coefficient (Wildman–Crippen LogP) is 5.20. The third-order valence-electron chi connectivity index (χ3n) is 6.74. The molecule has 1 aromatic carbocycles. The zero-order chi connectivity index (χ0) is 26.0. The van der Waals surface area contributed by atoms with E-state index in [1.165, 1.54) is 24.7 Å². The van der Waals surface area contributed by atoms with Crippen LogP contribution in [0.4, 0.5) is 29.2 Å². The van der Waals surface area contributed by atoms with Crippen LogP contribution in [0.25, 0.3) is 11.1 Å². The molecule has 194 valence electrons. The van der Waals surface area contributed by atoms with Gasteiger partial charge in [-0.25, -0.2) is 27.5 Å². The van der Waals surface area contributed by atoms with Crippen LogP contribution in [0.15, 0.2) is 42.9 Å².